The molecule has 10 nitrogen and oxygen atoms in total. The number of carboxylic acid groups (broad SMARTS) is 2. The van der Waals surface area contributed by atoms with Gasteiger partial charge in [-0.3, -0.25) is 14.4 Å². The molecule has 0 aliphatic carbocycles. The lowest BCUT2D eigenvalue weighted by atomic mass is 9.72. The van der Waals surface area contributed by atoms with Gasteiger partial charge in [0.1, 0.15) is 6.10 Å². The Labute approximate surface area is 118 Å². The molecule has 118 valence electrons. The predicted octanol–water partition coefficient (Wildman–Crippen LogP) is -2.92. The van der Waals surface area contributed by atoms with Crippen molar-refractivity contribution in [3.63, 3.8) is 0 Å². The second-order valence-electron chi connectivity index (χ2n) is 4.27. The fourth-order valence-corrected chi connectivity index (χ4v) is 1.58. The van der Waals surface area contributed by atoms with E-state index in [0.717, 1.165) is 13.8 Å². The highest BCUT2D eigenvalue weighted by Gasteiger charge is 2.69. The van der Waals surface area contributed by atoms with Crippen LogP contribution in [0.2, 0.25) is 0 Å². The first kappa shape index (κ1) is 18.8. The van der Waals surface area contributed by atoms with E-state index in [0.29, 0.717) is 0 Å². The van der Waals surface area contributed by atoms with Crippen molar-refractivity contribution in [3.05, 3.63) is 0 Å². The molecule has 0 heterocycles. The molecule has 0 saturated heterocycles. The fraction of sp³-hybridized carbons (Fsp3) is 0.545. The summed E-state index contributed by atoms with van der Waals surface area (Å²) in [6.45, 7) is 1.92. The van der Waals surface area contributed by atoms with Crippen molar-refractivity contribution in [3.8, 4) is 0 Å². The molecule has 10 heteroatoms. The van der Waals surface area contributed by atoms with Gasteiger partial charge in [-0.2, -0.15) is 0 Å². The molecular weight excluding hydrogens is 290 g/mol. The average Bonchev–Trinajstić information content (AvgIpc) is 2.41. The molecule has 0 aromatic heterocycles. The third-order valence-corrected chi connectivity index (χ3v) is 2.89. The van der Waals surface area contributed by atoms with Gasteiger partial charge < -0.3 is 26.2 Å². The highest BCUT2D eigenvalue weighted by molar-refractivity contribution is 6.46. The number of aliphatic carboxylic acids is 2. The lowest BCUT2D eigenvalue weighted by molar-refractivity contribution is -0.186. The Hall–Kier alpha value is -2.17. The van der Waals surface area contributed by atoms with Gasteiger partial charge in [-0.25, -0.2) is 9.59 Å². The number of carbonyl (C=O) groups excluding carboxylic acids is 3. The standard InChI is InChI=1S/C11H15NO9/c1-3-5(14)7(16)11(21,9(19)20)10(12,8(17)18)6(15)4(2)13/h4,13,21H,3,12H2,1-2H3,(H,17,18)(H,19,20). The Bertz CT molecular complexity index is 512. The molecule has 0 bridgehead atoms. The largest absolute Gasteiger partial charge is 0.479 e. The Morgan fingerprint density at radius 3 is 1.76 bits per heavy atom. The van der Waals surface area contributed by atoms with Crippen molar-refractivity contribution in [1.82, 2.24) is 0 Å². The molecule has 6 N–H and O–H groups in total. The van der Waals surface area contributed by atoms with E-state index in [1.807, 2.05) is 0 Å². The average molecular weight is 305 g/mol. The molecule has 0 aromatic rings. The van der Waals surface area contributed by atoms with Gasteiger partial charge in [-0.1, -0.05) is 6.92 Å². The molecule has 3 unspecified atom stereocenters. The zero-order valence-electron chi connectivity index (χ0n) is 11.2. The molecule has 0 aliphatic rings. The van der Waals surface area contributed by atoms with Crippen LogP contribution >= 0.6 is 0 Å². The Balaban J connectivity index is 6.44. The minimum atomic E-state index is -4.04. The number of nitrogens with two attached hydrogens (primary N) is 1. The van der Waals surface area contributed by atoms with Crippen LogP contribution in [0.4, 0.5) is 0 Å². The summed E-state index contributed by atoms with van der Waals surface area (Å²) in [6.07, 6.45) is -2.64. The van der Waals surface area contributed by atoms with E-state index in [-0.39, 0.29) is 0 Å². The minimum Gasteiger partial charge on any atom is -0.479 e. The number of hydrogen-bond acceptors (Lipinski definition) is 8. The van der Waals surface area contributed by atoms with Crippen molar-refractivity contribution in [2.45, 2.75) is 37.5 Å². The lowest BCUT2D eigenvalue weighted by Gasteiger charge is -2.35. The van der Waals surface area contributed by atoms with Crippen LogP contribution in [0.25, 0.3) is 0 Å². The molecule has 0 aliphatic heterocycles. The smallest absolute Gasteiger partial charge is 0.347 e. The van der Waals surface area contributed by atoms with E-state index in [2.05, 4.69) is 0 Å². The number of rotatable bonds is 8. The number of ketones is 3. The summed E-state index contributed by atoms with van der Waals surface area (Å²) in [6, 6.07) is 0. The first-order valence-electron chi connectivity index (χ1n) is 5.67. The van der Waals surface area contributed by atoms with Gasteiger partial charge in [0.05, 0.1) is 0 Å². The van der Waals surface area contributed by atoms with Gasteiger partial charge in [0.25, 0.3) is 5.60 Å². The maximum absolute atomic E-state index is 11.8. The van der Waals surface area contributed by atoms with Crippen LogP contribution < -0.4 is 5.73 Å². The molecule has 0 spiro atoms. The van der Waals surface area contributed by atoms with E-state index in [1.165, 1.54) is 0 Å². The maximum Gasteiger partial charge on any atom is 0.347 e. The van der Waals surface area contributed by atoms with Crippen LogP contribution in [0.3, 0.4) is 0 Å². The fourth-order valence-electron chi connectivity index (χ4n) is 1.58. The van der Waals surface area contributed by atoms with E-state index >= 15 is 0 Å². The number of aliphatic hydroxyl groups excluding tert-OH is 1. The topological polar surface area (TPSA) is 192 Å². The van der Waals surface area contributed by atoms with Crippen LogP contribution in [0, 0.1) is 0 Å². The summed E-state index contributed by atoms with van der Waals surface area (Å²) < 4.78 is 0. The van der Waals surface area contributed by atoms with E-state index < -0.39 is 53.0 Å². The third kappa shape index (κ3) is 2.68. The molecule has 0 rings (SSSR count). The lowest BCUT2D eigenvalue weighted by Crippen LogP contribution is -2.78. The van der Waals surface area contributed by atoms with Crippen molar-refractivity contribution >= 4 is 29.3 Å². The van der Waals surface area contributed by atoms with Crippen LogP contribution in [-0.4, -0.2) is 67.0 Å². The highest BCUT2D eigenvalue weighted by atomic mass is 16.4. The van der Waals surface area contributed by atoms with Gasteiger partial charge in [-0.05, 0) is 6.92 Å². The van der Waals surface area contributed by atoms with Gasteiger partial charge in [0, 0.05) is 6.42 Å². The minimum absolute atomic E-state index is 0.549. The summed E-state index contributed by atoms with van der Waals surface area (Å²) >= 11 is 0. The van der Waals surface area contributed by atoms with Crippen molar-refractivity contribution < 1.29 is 44.4 Å². The van der Waals surface area contributed by atoms with E-state index in [9.17, 15) is 29.1 Å². The highest BCUT2D eigenvalue weighted by Crippen LogP contribution is 2.26. The van der Waals surface area contributed by atoms with Crippen LogP contribution in [0.15, 0.2) is 0 Å². The van der Waals surface area contributed by atoms with Gasteiger partial charge in [-0.15, -0.1) is 0 Å². The van der Waals surface area contributed by atoms with Crippen LogP contribution in [0.1, 0.15) is 20.3 Å². The first-order chi connectivity index (χ1) is 9.38. The number of carboxylic acids is 2. The zero-order chi connectivity index (χ0) is 17.2. The third-order valence-electron chi connectivity index (χ3n) is 2.89. The summed E-state index contributed by atoms with van der Waals surface area (Å²) in [5.74, 6) is -10.2. The second-order valence-corrected chi connectivity index (χ2v) is 4.27. The molecule has 0 radical (unpaired) electrons. The summed E-state index contributed by atoms with van der Waals surface area (Å²) in [5, 5.41) is 37.1. The van der Waals surface area contributed by atoms with Crippen LogP contribution in [0.5, 0.6) is 0 Å². The van der Waals surface area contributed by atoms with Crippen molar-refractivity contribution in [2.75, 3.05) is 0 Å². The van der Waals surface area contributed by atoms with Gasteiger partial charge in [0.15, 0.2) is 5.78 Å². The van der Waals surface area contributed by atoms with Crippen molar-refractivity contribution in [2.24, 2.45) is 5.73 Å². The molecule has 0 saturated carbocycles. The molecule has 21 heavy (non-hydrogen) atoms. The summed E-state index contributed by atoms with van der Waals surface area (Å²) in [7, 11) is 0. The Morgan fingerprint density at radius 1 is 1.10 bits per heavy atom. The molecule has 0 fully saturated rings. The molecular formula is C11H15NO9. The van der Waals surface area contributed by atoms with Crippen LogP contribution in [-0.2, 0) is 24.0 Å². The number of aliphatic hydroxyl groups is 2. The number of carbonyl (C=O) groups is 5. The SMILES string of the molecule is CCC(=O)C(=O)C(O)(C(=O)O)C(N)(C(=O)O)C(=O)C(C)O. The summed E-state index contributed by atoms with van der Waals surface area (Å²) in [4.78, 5) is 57.2. The van der Waals surface area contributed by atoms with E-state index in [4.69, 9.17) is 21.1 Å². The monoisotopic (exact) mass is 305 g/mol. The quantitative estimate of drug-likeness (QED) is 0.229. The molecule has 0 amide bonds. The van der Waals surface area contributed by atoms with Gasteiger partial charge >= 0.3 is 11.9 Å². The normalized spacial score (nSPS) is 18.0. The number of Topliss-reactive ketones (excluding diaryl/α,β-unsaturated/α-hetero) is 3. The zero-order valence-corrected chi connectivity index (χ0v) is 11.2. The molecule has 3 atom stereocenters. The van der Waals surface area contributed by atoms with Gasteiger partial charge in [0.2, 0.25) is 17.1 Å². The number of hydrogen-bond donors (Lipinski definition) is 5. The predicted molar refractivity (Wildman–Crippen MR) is 64.1 cm³/mol. The van der Waals surface area contributed by atoms with E-state index in [1.54, 1.807) is 0 Å². The molecule has 0 aromatic carbocycles. The van der Waals surface area contributed by atoms with Crippen molar-refractivity contribution in [1.29, 1.82) is 0 Å². The Morgan fingerprint density at radius 2 is 1.52 bits per heavy atom. The maximum atomic E-state index is 11.8. The Kier molecular flexibility index (Phi) is 5.45. The second kappa shape index (κ2) is 6.08. The summed E-state index contributed by atoms with van der Waals surface area (Å²) in [5.41, 5.74) is -2.62. The first-order valence-corrected chi connectivity index (χ1v) is 5.67.